The summed E-state index contributed by atoms with van der Waals surface area (Å²) in [5, 5.41) is 18.1. The highest BCUT2D eigenvalue weighted by Gasteiger charge is 2.28. The Labute approximate surface area is 394 Å². The Morgan fingerprint density at radius 2 is 1.48 bits per heavy atom. The third-order valence-electron chi connectivity index (χ3n) is 12.4. The molecule has 6 N–H and O–H groups in total. The highest BCUT2D eigenvalue weighted by atomic mass is 16.5. The van der Waals surface area contributed by atoms with Gasteiger partial charge < -0.3 is 35.8 Å². The fraction of sp³-hybridized carbons (Fsp3) is 0.352. The number of carbonyl (C=O) groups excluding carboxylic acids is 3. The fourth-order valence-electron chi connectivity index (χ4n) is 8.96. The van der Waals surface area contributed by atoms with E-state index in [2.05, 4.69) is 80.7 Å². The van der Waals surface area contributed by atoms with Crippen molar-refractivity contribution in [1.29, 1.82) is 0 Å². The second-order valence-electron chi connectivity index (χ2n) is 17.2. The lowest BCUT2D eigenvalue weighted by molar-refractivity contribution is -0.710. The maximum Gasteiger partial charge on any atom is 0.252 e. The number of amides is 3. The molecule has 1 atom stereocenters. The predicted molar refractivity (Wildman–Crippen MR) is 262 cm³/mol. The van der Waals surface area contributed by atoms with Gasteiger partial charge in [0.15, 0.2) is 23.9 Å². The number of aryl methyl sites for hydroxylation is 3. The summed E-state index contributed by atoms with van der Waals surface area (Å²) in [6.07, 6.45) is 9.87. The minimum Gasteiger partial charge on any atom is -0.508 e. The third kappa shape index (κ3) is 13.6. The molecular formula is C54H64N7O6+. The van der Waals surface area contributed by atoms with Crippen LogP contribution in [0.4, 0.5) is 5.69 Å². The van der Waals surface area contributed by atoms with Crippen molar-refractivity contribution in [3.8, 4) is 5.75 Å². The summed E-state index contributed by atoms with van der Waals surface area (Å²) >= 11 is 0. The number of benzene rings is 4. The lowest BCUT2D eigenvalue weighted by atomic mass is 9.90. The van der Waals surface area contributed by atoms with Crippen molar-refractivity contribution in [2.24, 2.45) is 10.7 Å². The van der Waals surface area contributed by atoms with E-state index in [9.17, 15) is 19.5 Å². The van der Waals surface area contributed by atoms with Gasteiger partial charge in [0.25, 0.3) is 5.91 Å². The Balaban J connectivity index is 0.837. The molecule has 350 valence electrons. The summed E-state index contributed by atoms with van der Waals surface area (Å²) in [5.74, 6) is -1.71. The number of carbonyl (C=O) groups is 3. The van der Waals surface area contributed by atoms with E-state index in [1.54, 1.807) is 24.3 Å². The zero-order valence-corrected chi connectivity index (χ0v) is 38.7. The lowest BCUT2D eigenvalue weighted by Crippen LogP contribution is -2.48. The van der Waals surface area contributed by atoms with E-state index in [0.717, 1.165) is 35.2 Å². The first-order valence-corrected chi connectivity index (χ1v) is 23.4. The lowest BCUT2D eigenvalue weighted by Gasteiger charge is -2.37. The number of phenolic OH excluding ortho intramolecular Hbond substituents is 1. The van der Waals surface area contributed by atoms with Crippen molar-refractivity contribution < 1.29 is 33.5 Å². The zero-order valence-electron chi connectivity index (χ0n) is 38.7. The molecule has 7 rings (SSSR count). The van der Waals surface area contributed by atoms with Gasteiger partial charge in [0.2, 0.25) is 11.8 Å². The highest BCUT2D eigenvalue weighted by molar-refractivity contribution is 5.96. The van der Waals surface area contributed by atoms with Gasteiger partial charge in [0.05, 0.1) is 19.1 Å². The molecule has 3 amide bonds. The molecule has 0 bridgehead atoms. The van der Waals surface area contributed by atoms with Crippen LogP contribution < -0.4 is 31.2 Å². The van der Waals surface area contributed by atoms with Crippen LogP contribution in [0.15, 0.2) is 114 Å². The fourth-order valence-corrected chi connectivity index (χ4v) is 8.96. The van der Waals surface area contributed by atoms with E-state index in [4.69, 9.17) is 15.2 Å². The molecule has 13 heteroatoms. The van der Waals surface area contributed by atoms with Gasteiger partial charge in [-0.1, -0.05) is 78.9 Å². The van der Waals surface area contributed by atoms with E-state index < -0.39 is 17.9 Å². The second-order valence-corrected chi connectivity index (χ2v) is 17.2. The molecule has 4 aromatic carbocycles. The standard InChI is InChI=1S/C54H63N7O6/c1-38-19-23-42(24-20-41-34-45-16-10-28-60-29-11-17-46(35-41)51(45)60)39(2)61(38)30-31-66-32-33-67-37-49(63)59-54(55)56-27-9-18-48(52(64)57-36-40-21-25-47(62)26-22-40)58-53(65)50(43-12-5-3-6-13-43)44-14-7-4-8-15-44/h3-8,12-15,19-26,34-35,48,50H,9-11,16-18,27-33,36-37H2,1-2H3,(H5-,55,56,57,58,59,62,63,64,65)/p+1/b24-20+/t48-/m1/s1. The minimum atomic E-state index is -0.885. The Hall–Kier alpha value is -6.83. The van der Waals surface area contributed by atoms with Gasteiger partial charge in [-0.15, -0.1) is 0 Å². The summed E-state index contributed by atoms with van der Waals surface area (Å²) in [4.78, 5) is 47.0. The van der Waals surface area contributed by atoms with Crippen LogP contribution in [0.5, 0.6) is 5.75 Å². The van der Waals surface area contributed by atoms with Crippen LogP contribution in [0.1, 0.15) is 81.9 Å². The quantitative estimate of drug-likeness (QED) is 0.0257. The molecule has 2 aliphatic heterocycles. The van der Waals surface area contributed by atoms with Crippen LogP contribution in [0.3, 0.4) is 0 Å². The van der Waals surface area contributed by atoms with Gasteiger partial charge >= 0.3 is 0 Å². The smallest absolute Gasteiger partial charge is 0.252 e. The molecule has 0 aliphatic carbocycles. The molecular weight excluding hydrogens is 843 g/mol. The topological polar surface area (TPSA) is 171 Å². The van der Waals surface area contributed by atoms with E-state index in [0.29, 0.717) is 26.2 Å². The van der Waals surface area contributed by atoms with Crippen molar-refractivity contribution in [3.05, 3.63) is 160 Å². The Morgan fingerprint density at radius 1 is 0.821 bits per heavy atom. The number of anilines is 1. The number of nitrogens with two attached hydrogens (primary N) is 1. The molecule has 2 aliphatic rings. The van der Waals surface area contributed by atoms with Gasteiger partial charge in [-0.25, -0.2) is 0 Å². The average Bonchev–Trinajstić information content (AvgIpc) is 3.33. The van der Waals surface area contributed by atoms with Crippen LogP contribution in [0.2, 0.25) is 0 Å². The first-order valence-electron chi connectivity index (χ1n) is 23.4. The van der Waals surface area contributed by atoms with Gasteiger partial charge in [-0.3, -0.25) is 24.7 Å². The molecule has 0 spiro atoms. The Bertz CT molecular complexity index is 2440. The largest absolute Gasteiger partial charge is 0.508 e. The maximum atomic E-state index is 14.0. The normalized spacial score (nSPS) is 13.9. The van der Waals surface area contributed by atoms with Crippen molar-refractivity contribution in [1.82, 2.24) is 16.0 Å². The molecule has 1 aromatic heterocycles. The molecule has 5 aromatic rings. The molecule has 67 heavy (non-hydrogen) atoms. The van der Waals surface area contributed by atoms with Crippen LogP contribution >= 0.6 is 0 Å². The first kappa shape index (κ1) is 48.1. The Morgan fingerprint density at radius 3 is 2.15 bits per heavy atom. The zero-order chi connectivity index (χ0) is 47.0. The van der Waals surface area contributed by atoms with Crippen LogP contribution in [-0.2, 0) is 49.8 Å². The van der Waals surface area contributed by atoms with Crippen LogP contribution in [0, 0.1) is 13.8 Å². The number of nitrogens with zero attached hydrogens (tertiary/aromatic N) is 3. The SMILES string of the molecule is Cc1ccc(/C=C/c2cc3c4c(c2)CCCN4CCC3)c(C)[n+]1CCOCCOCC(=O)NC(N)=NCCC[C@@H](NC(=O)C(c1ccccc1)c1ccccc1)C(=O)NCc1ccc(O)cc1. The molecule has 0 unspecified atom stereocenters. The number of rotatable bonds is 21. The highest BCUT2D eigenvalue weighted by Crippen LogP contribution is 2.36. The van der Waals surface area contributed by atoms with Crippen molar-refractivity contribution in [2.45, 2.75) is 77.4 Å². The number of pyridine rings is 1. The molecule has 0 radical (unpaired) electrons. The van der Waals surface area contributed by atoms with Gasteiger partial charge in [-0.2, -0.15) is 4.57 Å². The number of guanidine groups is 1. The molecule has 13 nitrogen and oxygen atoms in total. The number of phenols is 1. The maximum absolute atomic E-state index is 14.0. The molecule has 3 heterocycles. The van der Waals surface area contributed by atoms with Crippen LogP contribution in [-0.4, -0.2) is 80.9 Å². The van der Waals surface area contributed by atoms with Crippen LogP contribution in [0.25, 0.3) is 12.2 Å². The summed E-state index contributed by atoms with van der Waals surface area (Å²) in [7, 11) is 0. The van der Waals surface area contributed by atoms with E-state index in [-0.39, 0.29) is 56.2 Å². The Kier molecular flexibility index (Phi) is 17.3. The van der Waals surface area contributed by atoms with E-state index in [1.165, 1.54) is 59.6 Å². The number of hydrogen-bond acceptors (Lipinski definition) is 8. The number of aromatic hydroxyl groups is 1. The number of aromatic nitrogens is 1. The first-order chi connectivity index (χ1) is 32.6. The summed E-state index contributed by atoms with van der Waals surface area (Å²) < 4.78 is 13.7. The molecule has 0 saturated heterocycles. The van der Waals surface area contributed by atoms with Gasteiger partial charge in [0, 0.05) is 57.3 Å². The van der Waals surface area contributed by atoms with E-state index in [1.807, 2.05) is 60.7 Å². The third-order valence-corrected chi connectivity index (χ3v) is 12.4. The number of hydrogen-bond donors (Lipinski definition) is 5. The summed E-state index contributed by atoms with van der Waals surface area (Å²) in [5.41, 5.74) is 17.7. The summed E-state index contributed by atoms with van der Waals surface area (Å²) in [6.45, 7) is 8.52. The summed E-state index contributed by atoms with van der Waals surface area (Å²) in [6, 6.07) is 33.6. The van der Waals surface area contributed by atoms with Crippen molar-refractivity contribution in [2.75, 3.05) is 51.0 Å². The monoisotopic (exact) mass is 906 g/mol. The molecule has 0 saturated carbocycles. The van der Waals surface area contributed by atoms with Crippen molar-refractivity contribution >= 4 is 41.5 Å². The predicted octanol–water partition coefficient (Wildman–Crippen LogP) is 6.04. The van der Waals surface area contributed by atoms with E-state index >= 15 is 0 Å². The minimum absolute atomic E-state index is 0.0703. The number of ether oxygens (including phenoxy) is 2. The van der Waals surface area contributed by atoms with Gasteiger partial charge in [0.1, 0.15) is 25.0 Å². The average molecular weight is 907 g/mol. The molecule has 0 fully saturated rings. The van der Waals surface area contributed by atoms with Gasteiger partial charge in [-0.05, 0) is 108 Å². The van der Waals surface area contributed by atoms with Crippen molar-refractivity contribution in [3.63, 3.8) is 0 Å². The number of nitrogens with one attached hydrogen (secondary N) is 3. The second kappa shape index (κ2) is 24.1. The number of aliphatic imine (C=N–C) groups is 1.